The summed E-state index contributed by atoms with van der Waals surface area (Å²) in [6.45, 7) is 7.93. The molecule has 2 rings (SSSR count). The largest absolute Gasteiger partial charge is 0.368 e. The Labute approximate surface area is 142 Å². The van der Waals surface area contributed by atoms with Crippen molar-refractivity contribution in [3.05, 3.63) is 24.2 Å². The first kappa shape index (κ1) is 18.3. The fourth-order valence-electron chi connectivity index (χ4n) is 2.10. The quantitative estimate of drug-likeness (QED) is 0.783. The van der Waals surface area contributed by atoms with Gasteiger partial charge < -0.3 is 9.84 Å². The van der Waals surface area contributed by atoms with Crippen molar-refractivity contribution in [1.29, 1.82) is 0 Å². The molecular formula is C15H23N5O3S. The van der Waals surface area contributed by atoms with Crippen LogP contribution < -0.4 is 10.0 Å². The van der Waals surface area contributed by atoms with E-state index in [-0.39, 0.29) is 5.92 Å². The van der Waals surface area contributed by atoms with E-state index < -0.39 is 15.6 Å². The SMILES string of the molecule is CC(C)c1noc(-c2ccnc(NCC(C)(C)NS(C)(=O)=O)c2)n1. The Morgan fingerprint density at radius 3 is 2.62 bits per heavy atom. The molecule has 2 N–H and O–H groups in total. The number of aromatic nitrogens is 3. The summed E-state index contributed by atoms with van der Waals surface area (Å²) in [6.07, 6.45) is 2.77. The molecule has 2 aromatic rings. The van der Waals surface area contributed by atoms with E-state index in [0.29, 0.717) is 24.1 Å². The van der Waals surface area contributed by atoms with Crippen molar-refractivity contribution in [1.82, 2.24) is 19.8 Å². The predicted molar refractivity (Wildman–Crippen MR) is 92.2 cm³/mol. The Morgan fingerprint density at radius 1 is 1.33 bits per heavy atom. The van der Waals surface area contributed by atoms with Gasteiger partial charge in [0, 0.05) is 29.8 Å². The van der Waals surface area contributed by atoms with Crippen LogP contribution in [0.4, 0.5) is 5.82 Å². The number of nitrogens with zero attached hydrogens (tertiary/aromatic N) is 3. The van der Waals surface area contributed by atoms with Crippen LogP contribution in [-0.4, -0.2) is 41.9 Å². The molecule has 0 unspecified atom stereocenters. The first-order valence-electron chi connectivity index (χ1n) is 7.58. The van der Waals surface area contributed by atoms with Crippen LogP contribution in [0.2, 0.25) is 0 Å². The van der Waals surface area contributed by atoms with Gasteiger partial charge >= 0.3 is 0 Å². The Hall–Kier alpha value is -2.00. The lowest BCUT2D eigenvalue weighted by Gasteiger charge is -2.25. The van der Waals surface area contributed by atoms with Crippen LogP contribution in [0.3, 0.4) is 0 Å². The second-order valence-corrected chi connectivity index (χ2v) is 8.40. The third kappa shape index (κ3) is 5.27. The Balaban J connectivity index is 2.10. The topological polar surface area (TPSA) is 110 Å². The summed E-state index contributed by atoms with van der Waals surface area (Å²) in [7, 11) is -3.29. The normalized spacial score (nSPS) is 12.6. The van der Waals surface area contributed by atoms with Gasteiger partial charge in [0.2, 0.25) is 10.0 Å². The summed E-state index contributed by atoms with van der Waals surface area (Å²) in [6, 6.07) is 3.57. The summed E-state index contributed by atoms with van der Waals surface area (Å²) in [5, 5.41) is 7.06. The van der Waals surface area contributed by atoms with Gasteiger partial charge in [0.1, 0.15) is 5.82 Å². The van der Waals surface area contributed by atoms with Crippen molar-refractivity contribution in [2.45, 2.75) is 39.2 Å². The third-order valence-electron chi connectivity index (χ3n) is 3.14. The summed E-state index contributed by atoms with van der Waals surface area (Å²) >= 11 is 0. The maximum Gasteiger partial charge on any atom is 0.258 e. The molecule has 2 aromatic heterocycles. The van der Waals surface area contributed by atoms with Crippen molar-refractivity contribution >= 4 is 15.8 Å². The summed E-state index contributed by atoms with van der Waals surface area (Å²) < 4.78 is 30.6. The maximum atomic E-state index is 11.4. The predicted octanol–water partition coefficient (Wildman–Crippen LogP) is 1.99. The molecule has 2 heterocycles. The zero-order chi connectivity index (χ0) is 18.0. The Bertz CT molecular complexity index is 799. The highest BCUT2D eigenvalue weighted by Crippen LogP contribution is 2.21. The van der Waals surface area contributed by atoms with E-state index in [1.54, 1.807) is 32.2 Å². The zero-order valence-corrected chi connectivity index (χ0v) is 15.3. The molecule has 0 aliphatic heterocycles. The average Bonchev–Trinajstić information content (AvgIpc) is 2.93. The average molecular weight is 353 g/mol. The van der Waals surface area contributed by atoms with Crippen molar-refractivity contribution in [2.24, 2.45) is 0 Å². The first-order chi connectivity index (χ1) is 11.1. The van der Waals surface area contributed by atoms with Gasteiger partial charge in [0.05, 0.1) is 6.26 Å². The van der Waals surface area contributed by atoms with Crippen LogP contribution in [0.25, 0.3) is 11.5 Å². The van der Waals surface area contributed by atoms with E-state index in [1.165, 1.54) is 0 Å². The van der Waals surface area contributed by atoms with Gasteiger partial charge in [-0.05, 0) is 26.0 Å². The lowest BCUT2D eigenvalue weighted by atomic mass is 10.1. The van der Waals surface area contributed by atoms with Crippen LogP contribution >= 0.6 is 0 Å². The lowest BCUT2D eigenvalue weighted by molar-refractivity contribution is 0.419. The molecule has 0 spiro atoms. The van der Waals surface area contributed by atoms with Crippen LogP contribution in [-0.2, 0) is 10.0 Å². The fraction of sp³-hybridized carbons (Fsp3) is 0.533. The minimum atomic E-state index is -3.29. The Kier molecular flexibility index (Phi) is 5.24. The molecular weight excluding hydrogens is 330 g/mol. The number of hydrogen-bond donors (Lipinski definition) is 2. The highest BCUT2D eigenvalue weighted by atomic mass is 32.2. The summed E-state index contributed by atoms with van der Waals surface area (Å²) in [4.78, 5) is 8.58. The second-order valence-electron chi connectivity index (χ2n) is 6.65. The molecule has 0 fully saturated rings. The number of hydrogen-bond acceptors (Lipinski definition) is 7. The van der Waals surface area contributed by atoms with Crippen molar-refractivity contribution in [3.8, 4) is 11.5 Å². The number of pyridine rings is 1. The van der Waals surface area contributed by atoms with Crippen molar-refractivity contribution in [3.63, 3.8) is 0 Å². The molecule has 0 aromatic carbocycles. The van der Waals surface area contributed by atoms with Crippen molar-refractivity contribution < 1.29 is 12.9 Å². The summed E-state index contributed by atoms with van der Waals surface area (Å²) in [5.41, 5.74) is 0.0985. The van der Waals surface area contributed by atoms with E-state index in [1.807, 2.05) is 13.8 Å². The smallest absolute Gasteiger partial charge is 0.258 e. The molecule has 0 aliphatic rings. The van der Waals surface area contributed by atoms with Crippen molar-refractivity contribution in [2.75, 3.05) is 18.1 Å². The molecule has 0 aliphatic carbocycles. The molecule has 9 heteroatoms. The fourth-order valence-corrected chi connectivity index (χ4v) is 3.17. The Morgan fingerprint density at radius 2 is 2.04 bits per heavy atom. The van der Waals surface area contributed by atoms with Crippen LogP contribution in [0, 0.1) is 0 Å². The number of rotatable bonds is 7. The molecule has 8 nitrogen and oxygen atoms in total. The zero-order valence-electron chi connectivity index (χ0n) is 14.5. The van der Waals surface area contributed by atoms with Gasteiger partial charge in [-0.15, -0.1) is 0 Å². The van der Waals surface area contributed by atoms with Gasteiger partial charge in [-0.1, -0.05) is 19.0 Å². The van der Waals surface area contributed by atoms with Gasteiger partial charge in [-0.2, -0.15) is 4.98 Å². The second kappa shape index (κ2) is 6.86. The van der Waals surface area contributed by atoms with E-state index in [9.17, 15) is 8.42 Å². The van der Waals surface area contributed by atoms with Gasteiger partial charge in [-0.3, -0.25) is 0 Å². The first-order valence-corrected chi connectivity index (χ1v) is 9.48. The maximum absolute atomic E-state index is 11.4. The van der Waals surface area contributed by atoms with Crippen LogP contribution in [0.5, 0.6) is 0 Å². The number of anilines is 1. The number of nitrogens with one attached hydrogen (secondary N) is 2. The molecule has 0 saturated carbocycles. The third-order valence-corrected chi connectivity index (χ3v) is 4.06. The summed E-state index contributed by atoms with van der Waals surface area (Å²) in [5.74, 6) is 1.86. The van der Waals surface area contributed by atoms with Gasteiger partial charge in [0.15, 0.2) is 5.82 Å². The molecule has 0 saturated heterocycles. The van der Waals surface area contributed by atoms with E-state index in [4.69, 9.17) is 4.52 Å². The standard InChI is InChI=1S/C15H23N5O3S/c1-10(2)13-18-14(23-19-13)11-6-7-16-12(8-11)17-9-15(3,4)20-24(5,21)22/h6-8,10,20H,9H2,1-5H3,(H,16,17). The van der Waals surface area contributed by atoms with Gasteiger partial charge in [0.25, 0.3) is 5.89 Å². The minimum Gasteiger partial charge on any atom is -0.368 e. The lowest BCUT2D eigenvalue weighted by Crippen LogP contribution is -2.47. The molecule has 132 valence electrons. The molecule has 24 heavy (non-hydrogen) atoms. The van der Waals surface area contributed by atoms with E-state index >= 15 is 0 Å². The monoisotopic (exact) mass is 353 g/mol. The molecule has 0 radical (unpaired) electrons. The minimum absolute atomic E-state index is 0.185. The highest BCUT2D eigenvalue weighted by molar-refractivity contribution is 7.88. The number of sulfonamides is 1. The van der Waals surface area contributed by atoms with Crippen LogP contribution in [0.1, 0.15) is 39.4 Å². The molecule has 0 atom stereocenters. The molecule has 0 bridgehead atoms. The van der Waals surface area contributed by atoms with Gasteiger partial charge in [-0.25, -0.2) is 18.1 Å². The molecule has 0 amide bonds. The van der Waals surface area contributed by atoms with E-state index in [0.717, 1.165) is 11.8 Å². The van der Waals surface area contributed by atoms with E-state index in [2.05, 4.69) is 25.2 Å². The highest BCUT2D eigenvalue weighted by Gasteiger charge is 2.22. The van der Waals surface area contributed by atoms with Crippen LogP contribution in [0.15, 0.2) is 22.9 Å².